The number of nitrogens with zero attached hydrogens (tertiary/aromatic N) is 1. The third-order valence-corrected chi connectivity index (χ3v) is 5.32. The lowest BCUT2D eigenvalue weighted by atomic mass is 10.1. The summed E-state index contributed by atoms with van der Waals surface area (Å²) in [6.07, 6.45) is -0.831. The fourth-order valence-electron chi connectivity index (χ4n) is 2.47. The van der Waals surface area contributed by atoms with E-state index in [4.69, 9.17) is 9.47 Å². The molecule has 136 valence electrons. The van der Waals surface area contributed by atoms with Crippen molar-refractivity contribution in [1.82, 2.24) is 5.32 Å². The van der Waals surface area contributed by atoms with Crippen LogP contribution in [0.3, 0.4) is 0 Å². The van der Waals surface area contributed by atoms with Gasteiger partial charge in [-0.05, 0) is 40.2 Å². The predicted molar refractivity (Wildman–Crippen MR) is 99.6 cm³/mol. The summed E-state index contributed by atoms with van der Waals surface area (Å²) in [5, 5.41) is 2.51. The van der Waals surface area contributed by atoms with E-state index in [0.29, 0.717) is 16.3 Å². The molecule has 2 aromatic rings. The Morgan fingerprint density at radius 2 is 2.08 bits per heavy atom. The summed E-state index contributed by atoms with van der Waals surface area (Å²) in [6.45, 7) is -0.388. The van der Waals surface area contributed by atoms with E-state index in [2.05, 4.69) is 21.2 Å². The number of halogens is 1. The summed E-state index contributed by atoms with van der Waals surface area (Å²) in [7, 11) is 1.50. The maximum atomic E-state index is 12.6. The fourth-order valence-corrected chi connectivity index (χ4v) is 3.75. The average molecular weight is 439 g/mol. The van der Waals surface area contributed by atoms with Crippen LogP contribution in [0.25, 0.3) is 0 Å². The first-order valence-electron chi connectivity index (χ1n) is 7.69. The van der Waals surface area contributed by atoms with Crippen LogP contribution in [0.2, 0.25) is 0 Å². The van der Waals surface area contributed by atoms with Crippen LogP contribution in [0.4, 0.5) is 5.69 Å². The smallest absolute Gasteiger partial charge is 0.348 e. The van der Waals surface area contributed by atoms with Crippen LogP contribution in [0.5, 0.6) is 5.75 Å². The average Bonchev–Trinajstić information content (AvgIpc) is 3.10. The lowest BCUT2D eigenvalue weighted by Gasteiger charge is -2.33. The topological polar surface area (TPSA) is 84.9 Å². The highest BCUT2D eigenvalue weighted by atomic mass is 79.9. The summed E-state index contributed by atoms with van der Waals surface area (Å²) < 4.78 is 11.6. The van der Waals surface area contributed by atoms with Crippen molar-refractivity contribution in [2.75, 3.05) is 25.1 Å². The molecular weight excluding hydrogens is 424 g/mol. The van der Waals surface area contributed by atoms with Gasteiger partial charge >= 0.3 is 5.97 Å². The van der Waals surface area contributed by atoms with Crippen molar-refractivity contribution in [1.29, 1.82) is 0 Å². The van der Waals surface area contributed by atoms with Crippen LogP contribution in [0.15, 0.2) is 40.2 Å². The molecule has 2 amide bonds. The predicted octanol–water partition coefficient (Wildman–Crippen LogP) is 2.21. The number of thiophene rings is 1. The number of hydrogen-bond acceptors (Lipinski definition) is 6. The number of ether oxygens (including phenoxy) is 2. The lowest BCUT2D eigenvalue weighted by Crippen LogP contribution is -2.51. The Balaban J connectivity index is 1.72. The second-order valence-corrected chi connectivity index (χ2v) is 7.84. The van der Waals surface area contributed by atoms with Crippen molar-refractivity contribution in [3.63, 3.8) is 0 Å². The van der Waals surface area contributed by atoms with Crippen LogP contribution >= 0.6 is 27.3 Å². The molecule has 0 fully saturated rings. The van der Waals surface area contributed by atoms with Gasteiger partial charge in [-0.25, -0.2) is 4.79 Å². The number of anilines is 1. The van der Waals surface area contributed by atoms with Gasteiger partial charge in [-0.2, -0.15) is 0 Å². The van der Waals surface area contributed by atoms with Crippen LogP contribution in [-0.2, 0) is 14.3 Å². The zero-order chi connectivity index (χ0) is 18.7. The number of fused-ring (bicyclic) bond motifs is 1. The van der Waals surface area contributed by atoms with Crippen LogP contribution in [-0.4, -0.2) is 44.1 Å². The second kappa shape index (κ2) is 7.88. The highest BCUT2D eigenvalue weighted by Crippen LogP contribution is 2.33. The molecule has 1 unspecified atom stereocenters. The Hall–Kier alpha value is -2.39. The van der Waals surface area contributed by atoms with E-state index >= 15 is 0 Å². The minimum Gasteiger partial charge on any atom is -0.477 e. The molecule has 1 aromatic carbocycles. The number of benzene rings is 1. The molecule has 0 aliphatic carbocycles. The Bertz CT molecular complexity index is 853. The number of hydrogen-bond donors (Lipinski definition) is 1. The zero-order valence-electron chi connectivity index (χ0n) is 13.7. The first-order valence-corrected chi connectivity index (χ1v) is 9.30. The normalized spacial score (nSPS) is 15.6. The van der Waals surface area contributed by atoms with Gasteiger partial charge in [-0.1, -0.05) is 12.1 Å². The molecule has 0 spiro atoms. The van der Waals surface area contributed by atoms with Gasteiger partial charge in [0.1, 0.15) is 10.6 Å². The van der Waals surface area contributed by atoms with Crippen molar-refractivity contribution in [3.05, 3.63) is 45.1 Å². The highest BCUT2D eigenvalue weighted by Gasteiger charge is 2.33. The highest BCUT2D eigenvalue weighted by molar-refractivity contribution is 9.11. The van der Waals surface area contributed by atoms with Gasteiger partial charge in [0, 0.05) is 7.05 Å². The number of esters is 1. The number of likely N-dealkylation sites (N-methyl/N-ethyl adjacent to an activating group) is 1. The first kappa shape index (κ1) is 18.4. The van der Waals surface area contributed by atoms with E-state index in [0.717, 1.165) is 3.79 Å². The molecule has 3 rings (SSSR count). The van der Waals surface area contributed by atoms with Gasteiger partial charge in [0.2, 0.25) is 0 Å². The molecule has 1 aromatic heterocycles. The van der Waals surface area contributed by atoms with Crippen LogP contribution < -0.4 is 15.0 Å². The molecule has 9 heteroatoms. The third kappa shape index (κ3) is 3.88. The first-order chi connectivity index (χ1) is 12.5. The van der Waals surface area contributed by atoms with Crippen molar-refractivity contribution in [2.24, 2.45) is 0 Å². The van der Waals surface area contributed by atoms with Gasteiger partial charge < -0.3 is 19.7 Å². The Labute approximate surface area is 162 Å². The zero-order valence-corrected chi connectivity index (χ0v) is 16.1. The van der Waals surface area contributed by atoms with E-state index in [1.165, 1.54) is 23.3 Å². The minimum absolute atomic E-state index is 0.0393. The molecule has 7 nitrogen and oxygen atoms in total. The van der Waals surface area contributed by atoms with E-state index < -0.39 is 24.6 Å². The van der Waals surface area contributed by atoms with Crippen LogP contribution in [0, 0.1) is 0 Å². The third-order valence-electron chi connectivity index (χ3n) is 3.71. The SMILES string of the molecule is CNC(=O)C1CN(C(=O)COC(=O)c2ccc(Br)s2)c2ccccc2O1. The summed E-state index contributed by atoms with van der Waals surface area (Å²) >= 11 is 4.50. The van der Waals surface area contributed by atoms with E-state index in [1.807, 2.05) is 0 Å². The number of carbonyl (C=O) groups excluding carboxylic acids is 3. The minimum atomic E-state index is -0.831. The van der Waals surface area contributed by atoms with Gasteiger partial charge in [0.25, 0.3) is 11.8 Å². The van der Waals surface area contributed by atoms with E-state index in [1.54, 1.807) is 36.4 Å². The summed E-state index contributed by atoms with van der Waals surface area (Å²) in [4.78, 5) is 38.4. The summed E-state index contributed by atoms with van der Waals surface area (Å²) in [6, 6.07) is 10.3. The lowest BCUT2D eigenvalue weighted by molar-refractivity contribution is -0.128. The molecular formula is C17H15BrN2O5S. The molecule has 1 atom stereocenters. The maximum absolute atomic E-state index is 12.6. The number of nitrogens with one attached hydrogen (secondary N) is 1. The number of carbonyl (C=O) groups is 3. The molecule has 0 saturated carbocycles. The number of para-hydroxylation sites is 2. The van der Waals surface area contributed by atoms with Gasteiger partial charge in [0.15, 0.2) is 12.7 Å². The Morgan fingerprint density at radius 1 is 1.31 bits per heavy atom. The molecule has 2 heterocycles. The number of amides is 2. The molecule has 1 N–H and O–H groups in total. The van der Waals surface area contributed by atoms with Crippen molar-refractivity contribution in [3.8, 4) is 5.75 Å². The van der Waals surface area contributed by atoms with E-state index in [9.17, 15) is 14.4 Å². The quantitative estimate of drug-likeness (QED) is 0.739. The summed E-state index contributed by atoms with van der Waals surface area (Å²) in [5.41, 5.74) is 0.535. The molecule has 0 radical (unpaired) electrons. The molecule has 1 aliphatic rings. The maximum Gasteiger partial charge on any atom is 0.348 e. The monoisotopic (exact) mass is 438 g/mol. The molecule has 0 saturated heterocycles. The van der Waals surface area contributed by atoms with Gasteiger partial charge in [-0.15, -0.1) is 11.3 Å². The number of rotatable bonds is 4. The van der Waals surface area contributed by atoms with Gasteiger partial charge in [-0.3, -0.25) is 9.59 Å². The van der Waals surface area contributed by atoms with Gasteiger partial charge in [0.05, 0.1) is 16.0 Å². The molecule has 1 aliphatic heterocycles. The summed E-state index contributed by atoms with van der Waals surface area (Å²) in [5.74, 6) is -0.913. The van der Waals surface area contributed by atoms with Crippen molar-refractivity contribution >= 4 is 50.7 Å². The van der Waals surface area contributed by atoms with E-state index in [-0.39, 0.29) is 12.5 Å². The largest absolute Gasteiger partial charge is 0.477 e. The Morgan fingerprint density at radius 3 is 2.77 bits per heavy atom. The van der Waals surface area contributed by atoms with Crippen molar-refractivity contribution < 1.29 is 23.9 Å². The second-order valence-electron chi connectivity index (χ2n) is 5.37. The standard InChI is InChI=1S/C17H15BrN2O5S/c1-19-16(22)12-8-20(10-4-2-3-5-11(10)25-12)15(21)9-24-17(23)13-6-7-14(18)26-13/h2-7,12H,8-9H2,1H3,(H,19,22). The van der Waals surface area contributed by atoms with Crippen LogP contribution in [0.1, 0.15) is 9.67 Å². The fraction of sp³-hybridized carbons (Fsp3) is 0.235. The Kier molecular flexibility index (Phi) is 5.58. The molecule has 0 bridgehead atoms. The van der Waals surface area contributed by atoms with Crippen molar-refractivity contribution in [2.45, 2.75) is 6.10 Å². The molecule has 26 heavy (non-hydrogen) atoms.